The molecule has 0 saturated carbocycles. The summed E-state index contributed by atoms with van der Waals surface area (Å²) in [5, 5.41) is 9.30. The summed E-state index contributed by atoms with van der Waals surface area (Å²) in [5.41, 5.74) is 4.45. The van der Waals surface area contributed by atoms with Crippen molar-refractivity contribution < 1.29 is 9.53 Å². The van der Waals surface area contributed by atoms with E-state index >= 15 is 0 Å². The van der Waals surface area contributed by atoms with Crippen LogP contribution in [-0.2, 0) is 4.79 Å². The monoisotopic (exact) mass is 507 g/mol. The molecular formula is C29H29N7O2. The summed E-state index contributed by atoms with van der Waals surface area (Å²) in [5.74, 6) is 1.68. The molecule has 0 bridgehead atoms. The number of carbonyl (C=O) groups is 1. The van der Waals surface area contributed by atoms with Gasteiger partial charge >= 0.3 is 0 Å². The van der Waals surface area contributed by atoms with Crippen LogP contribution in [0, 0.1) is 17.2 Å². The molecular weight excluding hydrogens is 478 g/mol. The summed E-state index contributed by atoms with van der Waals surface area (Å²) in [6.45, 7) is 3.39. The van der Waals surface area contributed by atoms with Crippen LogP contribution in [0.2, 0.25) is 0 Å². The molecule has 2 aliphatic heterocycles. The van der Waals surface area contributed by atoms with E-state index in [1.165, 1.54) is 0 Å². The SMILES string of the molecule is CN1CCCC(COc2nc(-c3ccc(C#N)cc3)c(-c3ccc(N4CCCC4=O)nc3)n3ccnc23)C1. The normalized spacial score (nSPS) is 18.2. The number of nitrogens with zero attached hydrogens (tertiary/aromatic N) is 7. The van der Waals surface area contributed by atoms with E-state index in [-0.39, 0.29) is 5.91 Å². The van der Waals surface area contributed by atoms with E-state index in [0.717, 1.165) is 49.2 Å². The molecule has 0 radical (unpaired) electrons. The third-order valence-corrected chi connectivity index (χ3v) is 7.35. The smallest absolute Gasteiger partial charge is 0.259 e. The zero-order valence-electron chi connectivity index (χ0n) is 21.4. The van der Waals surface area contributed by atoms with Gasteiger partial charge in [-0.1, -0.05) is 12.1 Å². The molecule has 5 heterocycles. The second-order valence-electron chi connectivity index (χ2n) is 10.1. The predicted molar refractivity (Wildman–Crippen MR) is 144 cm³/mol. The van der Waals surface area contributed by atoms with Gasteiger partial charge in [-0.2, -0.15) is 5.26 Å². The van der Waals surface area contributed by atoms with Crippen LogP contribution in [0.3, 0.4) is 0 Å². The Balaban J connectivity index is 1.42. The van der Waals surface area contributed by atoms with Gasteiger partial charge in [-0.05, 0) is 57.1 Å². The Labute approximate surface area is 221 Å². The number of benzene rings is 1. The molecule has 6 rings (SSSR count). The molecule has 38 heavy (non-hydrogen) atoms. The van der Waals surface area contributed by atoms with E-state index in [1.54, 1.807) is 29.4 Å². The molecule has 0 aliphatic carbocycles. The number of likely N-dealkylation sites (tertiary alicyclic amines) is 1. The van der Waals surface area contributed by atoms with E-state index in [9.17, 15) is 10.1 Å². The first kappa shape index (κ1) is 24.1. The number of imidazole rings is 1. The van der Waals surface area contributed by atoms with Crippen LogP contribution < -0.4 is 9.64 Å². The number of hydrogen-bond acceptors (Lipinski definition) is 7. The van der Waals surface area contributed by atoms with E-state index in [4.69, 9.17) is 9.72 Å². The van der Waals surface area contributed by atoms with Crippen molar-refractivity contribution in [2.24, 2.45) is 5.92 Å². The summed E-state index contributed by atoms with van der Waals surface area (Å²) in [6, 6.07) is 13.4. The highest BCUT2D eigenvalue weighted by Crippen LogP contribution is 2.35. The minimum Gasteiger partial charge on any atom is -0.475 e. The Kier molecular flexibility index (Phi) is 6.48. The largest absolute Gasteiger partial charge is 0.475 e. The highest BCUT2D eigenvalue weighted by atomic mass is 16.5. The number of pyridine rings is 1. The third-order valence-electron chi connectivity index (χ3n) is 7.35. The first-order valence-electron chi connectivity index (χ1n) is 13.1. The fourth-order valence-electron chi connectivity index (χ4n) is 5.42. The average Bonchev–Trinajstić information content (AvgIpc) is 3.61. The van der Waals surface area contributed by atoms with E-state index in [2.05, 4.69) is 28.0 Å². The van der Waals surface area contributed by atoms with Crippen molar-refractivity contribution in [3.05, 3.63) is 60.6 Å². The van der Waals surface area contributed by atoms with Crippen LogP contribution in [-0.4, -0.2) is 63.4 Å². The number of hydrogen-bond donors (Lipinski definition) is 0. The first-order chi connectivity index (χ1) is 18.6. The molecule has 9 nitrogen and oxygen atoms in total. The molecule has 2 saturated heterocycles. The maximum atomic E-state index is 12.2. The summed E-state index contributed by atoms with van der Waals surface area (Å²) in [4.78, 5) is 30.5. The second-order valence-corrected chi connectivity index (χ2v) is 10.1. The Hall–Kier alpha value is -4.29. The fraction of sp³-hybridized carbons (Fsp3) is 0.345. The maximum absolute atomic E-state index is 12.2. The molecule has 192 valence electrons. The molecule has 1 aromatic carbocycles. The third kappa shape index (κ3) is 4.59. The van der Waals surface area contributed by atoms with Gasteiger partial charge in [-0.25, -0.2) is 15.0 Å². The highest BCUT2D eigenvalue weighted by molar-refractivity contribution is 5.94. The number of rotatable bonds is 6. The van der Waals surface area contributed by atoms with Gasteiger partial charge in [0.2, 0.25) is 11.6 Å². The Morgan fingerprint density at radius 1 is 1.08 bits per heavy atom. The van der Waals surface area contributed by atoms with Crippen LogP contribution in [0.1, 0.15) is 31.2 Å². The van der Waals surface area contributed by atoms with E-state index < -0.39 is 0 Å². The number of nitriles is 1. The van der Waals surface area contributed by atoms with Crippen molar-refractivity contribution in [3.63, 3.8) is 0 Å². The van der Waals surface area contributed by atoms with Crippen LogP contribution in [0.5, 0.6) is 5.88 Å². The summed E-state index contributed by atoms with van der Waals surface area (Å²) >= 11 is 0. The lowest BCUT2D eigenvalue weighted by Gasteiger charge is -2.29. The summed E-state index contributed by atoms with van der Waals surface area (Å²) in [6.07, 6.45) is 9.13. The van der Waals surface area contributed by atoms with Crippen molar-refractivity contribution in [1.29, 1.82) is 5.26 Å². The number of amides is 1. The predicted octanol–water partition coefficient (Wildman–Crippen LogP) is 4.18. The minimum absolute atomic E-state index is 0.104. The lowest BCUT2D eigenvalue weighted by Crippen LogP contribution is -2.34. The Morgan fingerprint density at radius 3 is 2.63 bits per heavy atom. The van der Waals surface area contributed by atoms with Crippen LogP contribution >= 0.6 is 0 Å². The van der Waals surface area contributed by atoms with Crippen molar-refractivity contribution >= 4 is 17.4 Å². The topological polar surface area (TPSA) is 99.7 Å². The fourth-order valence-corrected chi connectivity index (χ4v) is 5.42. The van der Waals surface area contributed by atoms with Gasteiger partial charge < -0.3 is 9.64 Å². The molecule has 1 unspecified atom stereocenters. The molecule has 2 fully saturated rings. The van der Waals surface area contributed by atoms with Gasteiger partial charge in [0.1, 0.15) is 5.82 Å². The number of fused-ring (bicyclic) bond motifs is 1. The number of ether oxygens (including phenoxy) is 1. The van der Waals surface area contributed by atoms with E-state index in [1.807, 2.05) is 34.9 Å². The van der Waals surface area contributed by atoms with Gasteiger partial charge in [0.05, 0.1) is 29.6 Å². The molecule has 2 aliphatic rings. The lowest BCUT2D eigenvalue weighted by molar-refractivity contribution is -0.117. The van der Waals surface area contributed by atoms with Crippen LogP contribution in [0.15, 0.2) is 55.0 Å². The molecule has 3 aromatic heterocycles. The number of carbonyl (C=O) groups excluding carboxylic acids is 1. The Morgan fingerprint density at radius 2 is 1.92 bits per heavy atom. The van der Waals surface area contributed by atoms with Crippen molar-refractivity contribution in [2.75, 3.05) is 38.2 Å². The zero-order valence-corrected chi connectivity index (χ0v) is 21.4. The van der Waals surface area contributed by atoms with Gasteiger partial charge in [0, 0.05) is 55.1 Å². The first-order valence-corrected chi connectivity index (χ1v) is 13.1. The molecule has 0 spiro atoms. The van der Waals surface area contributed by atoms with Crippen LogP contribution in [0.4, 0.5) is 5.82 Å². The van der Waals surface area contributed by atoms with Crippen LogP contribution in [0.25, 0.3) is 28.2 Å². The quantitative estimate of drug-likeness (QED) is 0.386. The summed E-state index contributed by atoms with van der Waals surface area (Å²) in [7, 11) is 2.15. The minimum atomic E-state index is 0.104. The van der Waals surface area contributed by atoms with Crippen molar-refractivity contribution in [3.8, 4) is 34.5 Å². The molecule has 1 atom stereocenters. The second kappa shape index (κ2) is 10.2. The Bertz CT molecular complexity index is 1510. The number of piperidine rings is 1. The van der Waals surface area contributed by atoms with Gasteiger partial charge in [0.15, 0.2) is 0 Å². The van der Waals surface area contributed by atoms with E-state index in [0.29, 0.717) is 54.1 Å². The number of anilines is 1. The maximum Gasteiger partial charge on any atom is 0.259 e. The lowest BCUT2D eigenvalue weighted by atomic mass is 10.00. The van der Waals surface area contributed by atoms with Gasteiger partial charge in [-0.3, -0.25) is 14.1 Å². The standard InChI is InChI=1S/C29H29N7O2/c1-34-13-2-4-21(18-34)19-38-29-28-31-12-15-36(28)27(26(33-29)22-8-6-20(16-30)7-9-22)23-10-11-24(32-17-23)35-14-3-5-25(35)37/h6-12,15,17,21H,2-5,13-14,18-19H2,1H3. The summed E-state index contributed by atoms with van der Waals surface area (Å²) < 4.78 is 8.32. The van der Waals surface area contributed by atoms with Gasteiger partial charge in [-0.15, -0.1) is 0 Å². The molecule has 9 heteroatoms. The van der Waals surface area contributed by atoms with Crippen molar-refractivity contribution in [2.45, 2.75) is 25.7 Å². The van der Waals surface area contributed by atoms with Gasteiger partial charge in [0.25, 0.3) is 5.88 Å². The molecule has 0 N–H and O–H groups in total. The number of aromatic nitrogens is 4. The average molecular weight is 508 g/mol. The molecule has 1 amide bonds. The highest BCUT2D eigenvalue weighted by Gasteiger charge is 2.25. The zero-order chi connectivity index (χ0) is 26.1. The van der Waals surface area contributed by atoms with Crippen molar-refractivity contribution in [1.82, 2.24) is 24.3 Å². The molecule has 4 aromatic rings.